The number of benzene rings is 1. The maximum Gasteiger partial charge on any atom is 0.411 e. The Morgan fingerprint density at radius 3 is 2.26 bits per heavy atom. The van der Waals surface area contributed by atoms with Gasteiger partial charge in [-0.25, -0.2) is 14.6 Å². The fourth-order valence-electron chi connectivity index (χ4n) is 3.99. The summed E-state index contributed by atoms with van der Waals surface area (Å²) in [6, 6.07) is 5.46. The van der Waals surface area contributed by atoms with Gasteiger partial charge in [0, 0.05) is 36.3 Å². The first-order valence-corrected chi connectivity index (χ1v) is 12.7. The van der Waals surface area contributed by atoms with Gasteiger partial charge in [0.1, 0.15) is 0 Å². The number of thiazole rings is 1. The minimum absolute atomic E-state index is 0.116. The van der Waals surface area contributed by atoms with E-state index in [-0.39, 0.29) is 30.3 Å². The number of aromatic nitrogens is 1. The third-order valence-electron chi connectivity index (χ3n) is 5.45. The molecular formula is C25H34N4O5S. The summed E-state index contributed by atoms with van der Waals surface area (Å²) in [7, 11) is 0. The van der Waals surface area contributed by atoms with Crippen LogP contribution in [0.2, 0.25) is 0 Å². The molecule has 0 unspecified atom stereocenters. The lowest BCUT2D eigenvalue weighted by Gasteiger charge is -2.28. The highest BCUT2D eigenvalue weighted by Gasteiger charge is 2.26. The first kappa shape index (κ1) is 26.5. The molecule has 3 rings (SSSR count). The second kappa shape index (κ2) is 12.0. The number of nitrogens with one attached hydrogen (secondary N) is 3. The average Bonchev–Trinajstić information content (AvgIpc) is 3.22. The molecule has 0 saturated heterocycles. The number of amides is 3. The Bertz CT molecular complexity index is 1040. The first-order chi connectivity index (χ1) is 16.6. The molecule has 0 aliphatic heterocycles. The Hall–Kier alpha value is -3.14. The molecule has 190 valence electrons. The Morgan fingerprint density at radius 2 is 1.63 bits per heavy atom. The molecule has 1 aromatic heterocycles. The van der Waals surface area contributed by atoms with E-state index in [1.54, 1.807) is 37.3 Å². The minimum atomic E-state index is -0.552. The second-order valence-corrected chi connectivity index (χ2v) is 10.3. The molecule has 1 aliphatic carbocycles. The molecule has 9 nitrogen and oxygen atoms in total. The normalized spacial score (nSPS) is 17.7. The van der Waals surface area contributed by atoms with Crippen LogP contribution < -0.4 is 16.0 Å². The van der Waals surface area contributed by atoms with Gasteiger partial charge in [0.15, 0.2) is 0 Å². The summed E-state index contributed by atoms with van der Waals surface area (Å²) >= 11 is 1.60. The number of hydrogen-bond donors (Lipinski definition) is 3. The minimum Gasteiger partial charge on any atom is -0.447 e. The van der Waals surface area contributed by atoms with E-state index in [1.807, 2.05) is 26.1 Å². The standard InChI is InChI=1S/C25H34N4O5S/c1-14(2)33-24(31)28-18-8-6-17(7-9-18)23-26-13-22(35-23)20-11-10-19(12-21(20)27-16(5)30)29-25(32)34-15(3)4/h10-15,17-18H,6-9H2,1-5H3,(H,27,30)(H,28,31)(H,29,32). The third-order valence-corrected chi connectivity index (χ3v) is 6.64. The molecule has 0 bridgehead atoms. The number of ether oxygens (including phenoxy) is 2. The number of carbonyl (C=O) groups excluding carboxylic acids is 3. The molecule has 1 aliphatic rings. The summed E-state index contributed by atoms with van der Waals surface area (Å²) in [6.45, 7) is 8.66. The van der Waals surface area contributed by atoms with Gasteiger partial charge in [-0.2, -0.15) is 0 Å². The quantitative estimate of drug-likeness (QED) is 0.435. The molecule has 2 aromatic rings. The summed E-state index contributed by atoms with van der Waals surface area (Å²) < 4.78 is 10.3. The van der Waals surface area contributed by atoms with E-state index >= 15 is 0 Å². The Balaban J connectivity index is 1.68. The number of nitrogens with zero attached hydrogens (tertiary/aromatic N) is 1. The van der Waals surface area contributed by atoms with Gasteiger partial charge < -0.3 is 20.1 Å². The molecule has 1 fully saturated rings. The fourth-order valence-corrected chi connectivity index (χ4v) is 5.12. The third kappa shape index (κ3) is 7.95. The van der Waals surface area contributed by atoms with Crippen molar-refractivity contribution in [1.82, 2.24) is 10.3 Å². The molecule has 0 spiro atoms. The molecule has 1 aromatic carbocycles. The van der Waals surface area contributed by atoms with Gasteiger partial charge in [-0.15, -0.1) is 11.3 Å². The number of rotatable bonds is 7. The van der Waals surface area contributed by atoms with Crippen molar-refractivity contribution < 1.29 is 23.9 Å². The predicted molar refractivity (Wildman–Crippen MR) is 137 cm³/mol. The van der Waals surface area contributed by atoms with Crippen LogP contribution in [-0.2, 0) is 14.3 Å². The molecule has 0 radical (unpaired) electrons. The van der Waals surface area contributed by atoms with Crippen LogP contribution >= 0.6 is 11.3 Å². The first-order valence-electron chi connectivity index (χ1n) is 11.9. The lowest BCUT2D eigenvalue weighted by atomic mass is 9.86. The molecule has 0 atom stereocenters. The van der Waals surface area contributed by atoms with Crippen LogP contribution in [0.15, 0.2) is 24.4 Å². The van der Waals surface area contributed by atoms with Crippen LogP contribution in [0, 0.1) is 0 Å². The summed E-state index contributed by atoms with van der Waals surface area (Å²) in [5.41, 5.74) is 1.94. The summed E-state index contributed by atoms with van der Waals surface area (Å²) in [4.78, 5) is 41.2. The van der Waals surface area contributed by atoms with Crippen molar-refractivity contribution >= 4 is 40.8 Å². The largest absolute Gasteiger partial charge is 0.447 e. The van der Waals surface area contributed by atoms with Crippen molar-refractivity contribution in [3.63, 3.8) is 0 Å². The molecule has 3 amide bonds. The molecule has 1 heterocycles. The van der Waals surface area contributed by atoms with Gasteiger partial charge in [-0.05, 0) is 71.6 Å². The van der Waals surface area contributed by atoms with Gasteiger partial charge in [0.2, 0.25) is 5.91 Å². The van der Waals surface area contributed by atoms with E-state index in [1.165, 1.54) is 6.92 Å². The van der Waals surface area contributed by atoms with Crippen LogP contribution in [0.3, 0.4) is 0 Å². The zero-order valence-electron chi connectivity index (χ0n) is 20.8. The van der Waals surface area contributed by atoms with E-state index in [0.717, 1.165) is 41.1 Å². The van der Waals surface area contributed by atoms with Crippen LogP contribution in [0.25, 0.3) is 10.4 Å². The summed E-state index contributed by atoms with van der Waals surface area (Å²) in [6.07, 6.45) is 4.14. The van der Waals surface area contributed by atoms with E-state index in [4.69, 9.17) is 9.47 Å². The van der Waals surface area contributed by atoms with E-state index in [2.05, 4.69) is 20.9 Å². The van der Waals surface area contributed by atoms with E-state index in [9.17, 15) is 14.4 Å². The Labute approximate surface area is 210 Å². The number of anilines is 2. The van der Waals surface area contributed by atoms with Crippen molar-refractivity contribution in [2.24, 2.45) is 0 Å². The van der Waals surface area contributed by atoms with Gasteiger partial charge in [-0.1, -0.05) is 0 Å². The number of carbonyl (C=O) groups is 3. The van der Waals surface area contributed by atoms with Crippen LogP contribution in [0.1, 0.15) is 71.2 Å². The van der Waals surface area contributed by atoms with Crippen molar-refractivity contribution in [3.8, 4) is 10.4 Å². The SMILES string of the molecule is CC(=O)Nc1cc(NC(=O)OC(C)C)ccc1-c1cnc(C2CCC(NC(=O)OC(C)C)CC2)s1. The lowest BCUT2D eigenvalue weighted by Crippen LogP contribution is -2.38. The highest BCUT2D eigenvalue weighted by molar-refractivity contribution is 7.15. The summed E-state index contributed by atoms with van der Waals surface area (Å²) in [5.74, 6) is 0.114. The maximum absolute atomic E-state index is 12.0. The van der Waals surface area contributed by atoms with E-state index < -0.39 is 6.09 Å². The van der Waals surface area contributed by atoms with Crippen molar-refractivity contribution in [1.29, 1.82) is 0 Å². The lowest BCUT2D eigenvalue weighted by molar-refractivity contribution is -0.114. The van der Waals surface area contributed by atoms with Crippen molar-refractivity contribution in [2.75, 3.05) is 10.6 Å². The van der Waals surface area contributed by atoms with Crippen LogP contribution in [-0.4, -0.2) is 41.3 Å². The second-order valence-electron chi connectivity index (χ2n) is 9.23. The average molecular weight is 503 g/mol. The van der Waals surface area contributed by atoms with Gasteiger partial charge in [0.05, 0.1) is 27.8 Å². The monoisotopic (exact) mass is 502 g/mol. The molecule has 35 heavy (non-hydrogen) atoms. The summed E-state index contributed by atoms with van der Waals surface area (Å²) in [5, 5.41) is 9.53. The zero-order chi connectivity index (χ0) is 25.5. The zero-order valence-corrected chi connectivity index (χ0v) is 21.7. The Kier molecular flexibility index (Phi) is 9.08. The predicted octanol–water partition coefficient (Wildman–Crippen LogP) is 5.89. The molecule has 10 heteroatoms. The highest BCUT2D eigenvalue weighted by atomic mass is 32.1. The molecule has 3 N–H and O–H groups in total. The van der Waals surface area contributed by atoms with Crippen molar-refractivity contribution in [3.05, 3.63) is 29.4 Å². The highest BCUT2D eigenvalue weighted by Crippen LogP contribution is 2.40. The van der Waals surface area contributed by atoms with Crippen LogP contribution in [0.5, 0.6) is 0 Å². The van der Waals surface area contributed by atoms with E-state index in [0.29, 0.717) is 17.3 Å². The topological polar surface area (TPSA) is 119 Å². The van der Waals surface area contributed by atoms with Gasteiger partial charge >= 0.3 is 12.2 Å². The van der Waals surface area contributed by atoms with Gasteiger partial charge in [0.25, 0.3) is 0 Å². The smallest absolute Gasteiger partial charge is 0.411 e. The Morgan fingerprint density at radius 1 is 0.971 bits per heavy atom. The van der Waals surface area contributed by atoms with Crippen LogP contribution in [0.4, 0.5) is 21.0 Å². The number of alkyl carbamates (subject to hydrolysis) is 1. The maximum atomic E-state index is 12.0. The fraction of sp³-hybridized carbons (Fsp3) is 0.520. The molecular weight excluding hydrogens is 468 g/mol. The molecule has 1 saturated carbocycles. The van der Waals surface area contributed by atoms with Crippen molar-refractivity contribution in [2.45, 2.75) is 84.5 Å². The van der Waals surface area contributed by atoms with Gasteiger partial charge in [-0.3, -0.25) is 10.1 Å². The number of hydrogen-bond acceptors (Lipinski definition) is 7.